The molecule has 0 aliphatic heterocycles. The third kappa shape index (κ3) is 7.21. The van der Waals surface area contributed by atoms with Crippen molar-refractivity contribution in [3.63, 3.8) is 0 Å². The predicted molar refractivity (Wildman–Crippen MR) is 100.0 cm³/mol. The molecule has 0 spiro atoms. The van der Waals surface area contributed by atoms with Gasteiger partial charge in [0, 0.05) is 11.4 Å². The smallest absolute Gasteiger partial charge is 0.416 e. The van der Waals surface area contributed by atoms with Crippen LogP contribution >= 0.6 is 0 Å². The lowest BCUT2D eigenvalue weighted by Gasteiger charge is -2.11. The number of benzene rings is 2. The van der Waals surface area contributed by atoms with Crippen molar-refractivity contribution in [2.45, 2.75) is 26.4 Å². The number of hydrogen-bond donors (Lipinski definition) is 2. The van der Waals surface area contributed by atoms with E-state index in [1.165, 1.54) is 12.1 Å². The van der Waals surface area contributed by atoms with E-state index in [1.807, 2.05) is 0 Å². The number of alkyl halides is 3. The number of amides is 1. The number of rotatable bonds is 8. The van der Waals surface area contributed by atoms with Gasteiger partial charge in [0.2, 0.25) is 5.91 Å². The van der Waals surface area contributed by atoms with E-state index < -0.39 is 11.7 Å². The van der Waals surface area contributed by atoms with E-state index in [2.05, 4.69) is 24.5 Å². The maximum absolute atomic E-state index is 12.7. The van der Waals surface area contributed by atoms with Gasteiger partial charge in [0.15, 0.2) is 0 Å². The van der Waals surface area contributed by atoms with Gasteiger partial charge in [0.05, 0.1) is 18.7 Å². The number of hydrogen-bond acceptors (Lipinski definition) is 3. The third-order valence-corrected chi connectivity index (χ3v) is 3.74. The molecule has 2 N–H and O–H groups in total. The van der Waals surface area contributed by atoms with Crippen LogP contribution in [0, 0.1) is 5.92 Å². The fraction of sp³-hybridized carbons (Fsp3) is 0.350. The van der Waals surface area contributed by atoms with Gasteiger partial charge in [0.25, 0.3) is 0 Å². The molecule has 4 nitrogen and oxygen atoms in total. The molecule has 0 bridgehead atoms. The molecule has 0 heterocycles. The lowest BCUT2D eigenvalue weighted by Crippen LogP contribution is -2.21. The summed E-state index contributed by atoms with van der Waals surface area (Å²) < 4.78 is 43.7. The van der Waals surface area contributed by atoms with Crippen molar-refractivity contribution < 1.29 is 22.7 Å². The van der Waals surface area contributed by atoms with Crippen LogP contribution in [0.2, 0.25) is 0 Å². The molecule has 0 aromatic heterocycles. The van der Waals surface area contributed by atoms with Gasteiger partial charge in [-0.15, -0.1) is 0 Å². The monoisotopic (exact) mass is 380 g/mol. The predicted octanol–water partition coefficient (Wildman–Crippen LogP) is 5.18. The number of carbonyl (C=O) groups is 1. The maximum atomic E-state index is 12.7. The Morgan fingerprint density at radius 2 is 1.78 bits per heavy atom. The van der Waals surface area contributed by atoms with E-state index in [0.29, 0.717) is 18.2 Å². The first-order valence-corrected chi connectivity index (χ1v) is 8.68. The summed E-state index contributed by atoms with van der Waals surface area (Å²) in [7, 11) is 0. The molecule has 146 valence electrons. The van der Waals surface area contributed by atoms with Gasteiger partial charge in [-0.25, -0.2) is 0 Å². The Morgan fingerprint density at radius 1 is 1.07 bits per heavy atom. The Labute approximate surface area is 156 Å². The summed E-state index contributed by atoms with van der Waals surface area (Å²) in [5.41, 5.74) is 0.0527. The van der Waals surface area contributed by atoms with Crippen molar-refractivity contribution in [2.75, 3.05) is 23.8 Å². The van der Waals surface area contributed by atoms with Crippen LogP contribution in [0.1, 0.15) is 25.8 Å². The second kappa shape index (κ2) is 9.30. The molecule has 0 saturated carbocycles. The zero-order valence-corrected chi connectivity index (χ0v) is 15.3. The molecule has 0 aliphatic rings. The number of halogens is 3. The summed E-state index contributed by atoms with van der Waals surface area (Å²) in [6.07, 6.45) is -3.46. The van der Waals surface area contributed by atoms with Crippen LogP contribution in [-0.4, -0.2) is 19.1 Å². The van der Waals surface area contributed by atoms with Crippen LogP contribution in [0.3, 0.4) is 0 Å². The van der Waals surface area contributed by atoms with E-state index in [4.69, 9.17) is 4.74 Å². The highest BCUT2D eigenvalue weighted by Crippen LogP contribution is 2.30. The van der Waals surface area contributed by atoms with E-state index in [1.54, 1.807) is 24.3 Å². The Bertz CT molecular complexity index is 744. The second-order valence-corrected chi connectivity index (χ2v) is 6.54. The molecular formula is C20H23F3N2O2. The minimum Gasteiger partial charge on any atom is -0.494 e. The molecule has 1 amide bonds. The van der Waals surface area contributed by atoms with Crippen molar-refractivity contribution in [3.8, 4) is 5.75 Å². The second-order valence-electron chi connectivity index (χ2n) is 6.54. The number of ether oxygens (including phenoxy) is 1. The molecular weight excluding hydrogens is 357 g/mol. The first-order valence-electron chi connectivity index (χ1n) is 8.68. The zero-order chi connectivity index (χ0) is 19.9. The highest BCUT2D eigenvalue weighted by Gasteiger charge is 2.30. The minimum absolute atomic E-state index is 0.145. The van der Waals surface area contributed by atoms with Gasteiger partial charge in [0.1, 0.15) is 5.75 Å². The number of nitrogens with one attached hydrogen (secondary N) is 2. The van der Waals surface area contributed by atoms with Gasteiger partial charge in [-0.3, -0.25) is 4.79 Å². The molecule has 0 unspecified atom stereocenters. The molecule has 27 heavy (non-hydrogen) atoms. The van der Waals surface area contributed by atoms with Crippen molar-refractivity contribution in [1.29, 1.82) is 0 Å². The van der Waals surface area contributed by atoms with Gasteiger partial charge in [-0.1, -0.05) is 19.9 Å². The molecule has 0 radical (unpaired) electrons. The highest BCUT2D eigenvalue weighted by molar-refractivity contribution is 5.93. The van der Waals surface area contributed by atoms with E-state index in [0.717, 1.165) is 24.3 Å². The van der Waals surface area contributed by atoms with Crippen molar-refractivity contribution in [3.05, 3.63) is 54.1 Å². The van der Waals surface area contributed by atoms with Gasteiger partial charge < -0.3 is 15.4 Å². The average molecular weight is 380 g/mol. The van der Waals surface area contributed by atoms with Crippen molar-refractivity contribution >= 4 is 17.3 Å². The highest BCUT2D eigenvalue weighted by atomic mass is 19.4. The molecule has 2 rings (SSSR count). The summed E-state index contributed by atoms with van der Waals surface area (Å²) in [6.45, 7) is 4.73. The lowest BCUT2D eigenvalue weighted by atomic mass is 10.1. The summed E-state index contributed by atoms with van der Waals surface area (Å²) in [6, 6.07) is 11.7. The third-order valence-electron chi connectivity index (χ3n) is 3.74. The standard InChI is InChI=1S/C20H23F3N2O2/c1-14(2)10-11-27-18-8-6-16(7-9-18)25-19(26)13-24-17-5-3-4-15(12-17)20(21,22)23/h3-9,12,14,24H,10-11,13H2,1-2H3,(H,25,26). The summed E-state index contributed by atoms with van der Waals surface area (Å²) in [5, 5.41) is 5.37. The van der Waals surface area contributed by atoms with E-state index in [9.17, 15) is 18.0 Å². The Balaban J connectivity index is 1.82. The SMILES string of the molecule is CC(C)CCOc1ccc(NC(=O)CNc2cccc(C(F)(F)F)c2)cc1. The van der Waals surface area contributed by atoms with Gasteiger partial charge in [-0.2, -0.15) is 13.2 Å². The minimum atomic E-state index is -4.42. The molecule has 0 atom stereocenters. The molecule has 2 aromatic carbocycles. The number of carbonyl (C=O) groups excluding carboxylic acids is 1. The van der Waals surface area contributed by atoms with Gasteiger partial charge >= 0.3 is 6.18 Å². The Kier molecular flexibility index (Phi) is 7.10. The van der Waals surface area contributed by atoms with E-state index in [-0.39, 0.29) is 18.1 Å². The van der Waals surface area contributed by atoms with Gasteiger partial charge in [-0.05, 0) is 54.8 Å². The first-order chi connectivity index (χ1) is 12.7. The fourth-order valence-corrected chi connectivity index (χ4v) is 2.24. The maximum Gasteiger partial charge on any atom is 0.416 e. The summed E-state index contributed by atoms with van der Waals surface area (Å²) in [5.74, 6) is 0.921. The molecule has 0 aliphatic carbocycles. The van der Waals surface area contributed by atoms with Crippen LogP contribution in [0.4, 0.5) is 24.5 Å². The van der Waals surface area contributed by atoms with E-state index >= 15 is 0 Å². The largest absolute Gasteiger partial charge is 0.494 e. The van der Waals surface area contributed by atoms with Crippen molar-refractivity contribution in [2.24, 2.45) is 5.92 Å². The normalized spacial score (nSPS) is 11.3. The van der Waals surface area contributed by atoms with Crippen LogP contribution < -0.4 is 15.4 Å². The van der Waals surface area contributed by atoms with Crippen LogP contribution in [0.25, 0.3) is 0 Å². The summed E-state index contributed by atoms with van der Waals surface area (Å²) in [4.78, 5) is 12.0. The molecule has 7 heteroatoms. The zero-order valence-electron chi connectivity index (χ0n) is 15.3. The summed E-state index contributed by atoms with van der Waals surface area (Å²) >= 11 is 0. The quantitative estimate of drug-likeness (QED) is 0.663. The molecule has 0 fully saturated rings. The topological polar surface area (TPSA) is 50.4 Å². The first kappa shape index (κ1) is 20.6. The number of anilines is 2. The Hall–Kier alpha value is -2.70. The fourth-order valence-electron chi connectivity index (χ4n) is 2.24. The van der Waals surface area contributed by atoms with Crippen LogP contribution in [0.5, 0.6) is 5.75 Å². The Morgan fingerprint density at radius 3 is 2.41 bits per heavy atom. The lowest BCUT2D eigenvalue weighted by molar-refractivity contribution is -0.137. The average Bonchev–Trinajstić information content (AvgIpc) is 2.61. The van der Waals surface area contributed by atoms with Crippen LogP contribution in [-0.2, 0) is 11.0 Å². The van der Waals surface area contributed by atoms with Crippen LogP contribution in [0.15, 0.2) is 48.5 Å². The molecule has 2 aromatic rings. The van der Waals surface area contributed by atoms with Crippen molar-refractivity contribution in [1.82, 2.24) is 0 Å². The molecule has 0 saturated heterocycles.